The van der Waals surface area contributed by atoms with Crippen molar-refractivity contribution in [3.8, 4) is 5.75 Å². The number of ether oxygens (including phenoxy) is 2. The van der Waals surface area contributed by atoms with Crippen LogP contribution in [0.25, 0.3) is 0 Å². The van der Waals surface area contributed by atoms with Gasteiger partial charge >= 0.3 is 0 Å². The van der Waals surface area contributed by atoms with Gasteiger partial charge in [-0.25, -0.2) is 0 Å². The highest BCUT2D eigenvalue weighted by Gasteiger charge is 2.59. The summed E-state index contributed by atoms with van der Waals surface area (Å²) in [6, 6.07) is 9.03. The van der Waals surface area contributed by atoms with Crippen LogP contribution in [0.15, 0.2) is 29.3 Å². The summed E-state index contributed by atoms with van der Waals surface area (Å²) in [5.74, 6) is 2.45. The van der Waals surface area contributed by atoms with E-state index in [1.54, 1.807) is 7.11 Å². The molecule has 0 radical (unpaired) electrons. The highest BCUT2D eigenvalue weighted by Crippen LogP contribution is 2.52. The van der Waals surface area contributed by atoms with Crippen LogP contribution in [0.3, 0.4) is 0 Å². The fourth-order valence-electron chi connectivity index (χ4n) is 5.12. The highest BCUT2D eigenvalue weighted by atomic mass is 16.5. The number of anilines is 1. The van der Waals surface area contributed by atoms with E-state index in [0.29, 0.717) is 24.1 Å². The normalized spacial score (nSPS) is 32.0. The van der Waals surface area contributed by atoms with Gasteiger partial charge in [0.1, 0.15) is 5.75 Å². The van der Waals surface area contributed by atoms with E-state index in [0.717, 1.165) is 44.2 Å². The van der Waals surface area contributed by atoms with E-state index in [1.807, 2.05) is 19.2 Å². The first-order chi connectivity index (χ1) is 13.0. The van der Waals surface area contributed by atoms with Gasteiger partial charge in [-0.3, -0.25) is 4.99 Å². The van der Waals surface area contributed by atoms with E-state index in [-0.39, 0.29) is 5.41 Å². The number of fused-ring (bicyclic) bond motifs is 1. The number of nitrogens with one attached hydrogen (secondary N) is 2. The number of aliphatic imine (C=N–C) groups is 1. The molecule has 2 heterocycles. The maximum Gasteiger partial charge on any atom is 0.191 e. The van der Waals surface area contributed by atoms with Crippen LogP contribution in [-0.4, -0.2) is 58.0 Å². The zero-order valence-electron chi connectivity index (χ0n) is 16.9. The lowest BCUT2D eigenvalue weighted by atomic mass is 9.57. The smallest absolute Gasteiger partial charge is 0.191 e. The van der Waals surface area contributed by atoms with Gasteiger partial charge in [-0.15, -0.1) is 0 Å². The Morgan fingerprint density at radius 1 is 1.26 bits per heavy atom. The van der Waals surface area contributed by atoms with E-state index in [4.69, 9.17) is 9.47 Å². The Morgan fingerprint density at radius 2 is 2.07 bits per heavy atom. The number of benzene rings is 1. The lowest BCUT2D eigenvalue weighted by Crippen LogP contribution is -2.68. The molecule has 2 aliphatic heterocycles. The Hall–Kier alpha value is -1.95. The average Bonchev–Trinajstić information content (AvgIpc) is 3.33. The van der Waals surface area contributed by atoms with Crippen molar-refractivity contribution in [2.45, 2.75) is 44.9 Å². The molecule has 1 saturated carbocycles. The first-order valence-corrected chi connectivity index (χ1v) is 10.0. The molecule has 1 aliphatic carbocycles. The molecule has 148 valence electrons. The van der Waals surface area contributed by atoms with Crippen LogP contribution in [0.5, 0.6) is 5.75 Å². The minimum Gasteiger partial charge on any atom is -0.495 e. The van der Waals surface area contributed by atoms with Gasteiger partial charge in [0.15, 0.2) is 5.96 Å². The number of methoxy groups -OCH3 is 1. The summed E-state index contributed by atoms with van der Waals surface area (Å²) in [4.78, 5) is 6.88. The molecule has 1 aromatic carbocycles. The molecule has 1 aromatic rings. The molecule has 0 amide bonds. The molecule has 4 unspecified atom stereocenters. The zero-order valence-corrected chi connectivity index (χ0v) is 16.9. The van der Waals surface area contributed by atoms with E-state index >= 15 is 0 Å². The van der Waals surface area contributed by atoms with Gasteiger partial charge in [-0.1, -0.05) is 26.0 Å². The topological polar surface area (TPSA) is 58.1 Å². The van der Waals surface area contributed by atoms with Crippen LogP contribution >= 0.6 is 0 Å². The Labute approximate surface area is 162 Å². The molecular weight excluding hydrogens is 340 g/mol. The average molecular weight is 373 g/mol. The highest BCUT2D eigenvalue weighted by molar-refractivity contribution is 5.81. The number of para-hydroxylation sites is 2. The Balaban J connectivity index is 1.36. The monoisotopic (exact) mass is 372 g/mol. The molecule has 0 bridgehead atoms. The van der Waals surface area contributed by atoms with Crippen LogP contribution < -0.4 is 20.3 Å². The van der Waals surface area contributed by atoms with Gasteiger partial charge in [0.2, 0.25) is 0 Å². The second kappa shape index (κ2) is 7.23. The zero-order chi connectivity index (χ0) is 19.0. The second-order valence-electron chi connectivity index (χ2n) is 8.51. The fourth-order valence-corrected chi connectivity index (χ4v) is 5.12. The van der Waals surface area contributed by atoms with Crippen LogP contribution in [0.4, 0.5) is 5.69 Å². The van der Waals surface area contributed by atoms with Gasteiger partial charge < -0.3 is 25.0 Å². The van der Waals surface area contributed by atoms with Crippen molar-refractivity contribution in [2.24, 2.45) is 16.3 Å². The predicted molar refractivity (Wildman–Crippen MR) is 109 cm³/mol. The molecule has 2 saturated heterocycles. The molecule has 6 nitrogen and oxygen atoms in total. The molecule has 4 atom stereocenters. The lowest BCUT2D eigenvalue weighted by Gasteiger charge is -2.55. The van der Waals surface area contributed by atoms with E-state index < -0.39 is 0 Å². The van der Waals surface area contributed by atoms with Crippen LogP contribution in [0.1, 0.15) is 26.7 Å². The van der Waals surface area contributed by atoms with Gasteiger partial charge in [0.25, 0.3) is 0 Å². The van der Waals surface area contributed by atoms with Gasteiger partial charge in [-0.2, -0.15) is 0 Å². The Bertz CT molecular complexity index is 705. The summed E-state index contributed by atoms with van der Waals surface area (Å²) in [6.07, 6.45) is 2.62. The minimum absolute atomic E-state index is 0.151. The van der Waals surface area contributed by atoms with Gasteiger partial charge in [-0.05, 0) is 25.0 Å². The third kappa shape index (κ3) is 3.24. The molecule has 0 aromatic heterocycles. The van der Waals surface area contributed by atoms with Crippen molar-refractivity contribution in [3.05, 3.63) is 24.3 Å². The predicted octanol–water partition coefficient (Wildman–Crippen LogP) is 2.25. The SMILES string of the molecule is CN=C(NC1CCN(c2ccccc2OC)C1)NC1C2CCOC2C1(C)C. The number of guanidine groups is 1. The summed E-state index contributed by atoms with van der Waals surface area (Å²) >= 11 is 0. The van der Waals surface area contributed by atoms with Crippen molar-refractivity contribution in [3.63, 3.8) is 0 Å². The van der Waals surface area contributed by atoms with Crippen molar-refractivity contribution >= 4 is 11.6 Å². The van der Waals surface area contributed by atoms with Crippen molar-refractivity contribution in [1.29, 1.82) is 0 Å². The number of nitrogens with zero attached hydrogens (tertiary/aromatic N) is 2. The van der Waals surface area contributed by atoms with Crippen LogP contribution in [0.2, 0.25) is 0 Å². The van der Waals surface area contributed by atoms with Crippen molar-refractivity contribution < 1.29 is 9.47 Å². The molecule has 0 spiro atoms. The third-order valence-corrected chi connectivity index (χ3v) is 6.57. The second-order valence-corrected chi connectivity index (χ2v) is 8.51. The van der Waals surface area contributed by atoms with E-state index in [9.17, 15) is 0 Å². The number of hydrogen-bond acceptors (Lipinski definition) is 4. The van der Waals surface area contributed by atoms with E-state index in [1.165, 1.54) is 5.69 Å². The first-order valence-electron chi connectivity index (χ1n) is 10.0. The summed E-state index contributed by atoms with van der Waals surface area (Å²) in [5, 5.41) is 7.32. The third-order valence-electron chi connectivity index (χ3n) is 6.57. The molecule has 6 heteroatoms. The van der Waals surface area contributed by atoms with Crippen LogP contribution in [0, 0.1) is 11.3 Å². The first kappa shape index (κ1) is 18.4. The lowest BCUT2D eigenvalue weighted by molar-refractivity contribution is -0.106. The molecule has 3 aliphatic rings. The largest absolute Gasteiger partial charge is 0.495 e. The molecule has 2 N–H and O–H groups in total. The van der Waals surface area contributed by atoms with Crippen LogP contribution in [-0.2, 0) is 4.74 Å². The van der Waals surface area contributed by atoms with Crippen molar-refractivity contribution in [1.82, 2.24) is 10.6 Å². The quantitative estimate of drug-likeness (QED) is 0.627. The summed E-state index contributed by atoms with van der Waals surface area (Å²) in [5.41, 5.74) is 1.32. The molecule has 4 rings (SSSR count). The van der Waals surface area contributed by atoms with Gasteiger partial charge in [0.05, 0.1) is 18.9 Å². The molecule has 3 fully saturated rings. The summed E-state index contributed by atoms with van der Waals surface area (Å²) in [7, 11) is 3.59. The minimum atomic E-state index is 0.151. The number of hydrogen-bond donors (Lipinski definition) is 2. The Kier molecular flexibility index (Phi) is 4.93. The van der Waals surface area contributed by atoms with Gasteiger partial charge in [0, 0.05) is 50.2 Å². The standard InChI is InChI=1S/C21H32N4O2/c1-21(2)18(15-10-12-27-19(15)21)24-20(22-3)23-14-9-11-25(13-14)16-7-5-6-8-17(16)26-4/h5-8,14-15,18-19H,9-13H2,1-4H3,(H2,22,23,24). The maximum atomic E-state index is 5.91. The number of rotatable bonds is 4. The maximum absolute atomic E-state index is 5.91. The van der Waals surface area contributed by atoms with E-state index in [2.05, 4.69) is 46.5 Å². The summed E-state index contributed by atoms with van der Waals surface area (Å²) < 4.78 is 11.4. The molecule has 27 heavy (non-hydrogen) atoms. The molecular formula is C21H32N4O2. The summed E-state index contributed by atoms with van der Waals surface area (Å²) in [6.45, 7) is 7.44. The fraction of sp³-hybridized carbons (Fsp3) is 0.667. The van der Waals surface area contributed by atoms with Crippen molar-refractivity contribution in [2.75, 3.05) is 38.8 Å². The Morgan fingerprint density at radius 3 is 2.85 bits per heavy atom.